The van der Waals surface area contributed by atoms with Crippen LogP contribution in [0.4, 0.5) is 0 Å². The first-order valence-electron chi connectivity index (χ1n) is 14.1. The van der Waals surface area contributed by atoms with Crippen molar-refractivity contribution in [1.29, 1.82) is 0 Å². The number of halogens is 1. The molecular weight excluding hydrogens is 604 g/mol. The topological polar surface area (TPSA) is 82.0 Å². The molecular formula is C36H25ClN4O3S. The first kappa shape index (κ1) is 28.5. The summed E-state index contributed by atoms with van der Waals surface area (Å²) in [5.74, 6) is 2.77. The van der Waals surface area contributed by atoms with E-state index < -0.39 is 0 Å². The quantitative estimate of drug-likeness (QED) is 0.181. The highest BCUT2D eigenvalue weighted by atomic mass is 35.5. The van der Waals surface area contributed by atoms with Crippen LogP contribution in [0.5, 0.6) is 17.2 Å². The molecule has 0 atom stereocenters. The van der Waals surface area contributed by atoms with Crippen molar-refractivity contribution in [3.05, 3.63) is 143 Å². The lowest BCUT2D eigenvalue weighted by Gasteiger charge is -2.15. The van der Waals surface area contributed by atoms with Crippen molar-refractivity contribution in [2.75, 3.05) is 7.11 Å². The number of rotatable bonds is 8. The van der Waals surface area contributed by atoms with Gasteiger partial charge in [-0.15, -0.1) is 10.2 Å². The lowest BCUT2D eigenvalue weighted by Crippen LogP contribution is -2.11. The fourth-order valence-corrected chi connectivity index (χ4v) is 6.30. The molecule has 7 rings (SSSR count). The second kappa shape index (κ2) is 12.4. The minimum absolute atomic E-state index is 0.235. The Morgan fingerprint density at radius 2 is 1.40 bits per heavy atom. The molecule has 0 aliphatic heterocycles. The van der Waals surface area contributed by atoms with Crippen LogP contribution in [0.2, 0.25) is 5.02 Å². The second-order valence-electron chi connectivity index (χ2n) is 10.1. The van der Waals surface area contributed by atoms with Crippen molar-refractivity contribution >= 4 is 34.3 Å². The standard InChI is InChI=1S/C36H25ClN4O3S/c1-43-27-17-12-24(13-18-27)34-39-40-36(41(34)26-15-19-29(20-16-26)44-28-10-6-3-7-11-28)45-33-32(23-8-4-2-5-9-23)30-22-25(37)14-21-31(30)38-35(33)42/h2-22H,1H3,(H,38,42). The molecule has 0 spiro atoms. The number of fused-ring (bicyclic) bond motifs is 1. The van der Waals surface area contributed by atoms with E-state index in [2.05, 4.69) is 15.2 Å². The minimum Gasteiger partial charge on any atom is -0.497 e. The van der Waals surface area contributed by atoms with Crippen molar-refractivity contribution in [3.63, 3.8) is 0 Å². The highest BCUT2D eigenvalue weighted by Gasteiger charge is 2.22. The van der Waals surface area contributed by atoms with Gasteiger partial charge in [0, 0.05) is 27.1 Å². The highest BCUT2D eigenvalue weighted by molar-refractivity contribution is 7.99. The van der Waals surface area contributed by atoms with Gasteiger partial charge in [0.25, 0.3) is 5.56 Å². The smallest absolute Gasteiger partial charge is 0.263 e. The third-order valence-corrected chi connectivity index (χ3v) is 8.52. The summed E-state index contributed by atoms with van der Waals surface area (Å²) in [6.45, 7) is 0. The molecule has 0 saturated carbocycles. The molecule has 0 aliphatic carbocycles. The second-order valence-corrected chi connectivity index (χ2v) is 11.5. The molecule has 0 radical (unpaired) electrons. The molecule has 5 aromatic carbocycles. The highest BCUT2D eigenvalue weighted by Crippen LogP contribution is 2.40. The Hall–Kier alpha value is -5.31. The zero-order valence-corrected chi connectivity index (χ0v) is 25.5. The van der Waals surface area contributed by atoms with Gasteiger partial charge in [0.2, 0.25) is 5.16 Å². The summed E-state index contributed by atoms with van der Waals surface area (Å²) in [5.41, 5.74) is 3.76. The molecule has 0 amide bonds. The zero-order valence-electron chi connectivity index (χ0n) is 24.0. The maximum atomic E-state index is 13.7. The van der Waals surface area contributed by atoms with Gasteiger partial charge in [-0.3, -0.25) is 9.36 Å². The van der Waals surface area contributed by atoms with E-state index in [0.29, 0.717) is 32.2 Å². The molecule has 0 bridgehead atoms. The number of nitrogens with one attached hydrogen (secondary N) is 1. The average Bonchev–Trinajstić information content (AvgIpc) is 3.50. The number of ether oxygens (including phenoxy) is 2. The number of pyridine rings is 1. The van der Waals surface area contributed by atoms with Crippen LogP contribution >= 0.6 is 23.4 Å². The van der Waals surface area contributed by atoms with Gasteiger partial charge in [0.05, 0.1) is 17.7 Å². The van der Waals surface area contributed by atoms with E-state index in [9.17, 15) is 4.79 Å². The van der Waals surface area contributed by atoms with Crippen LogP contribution in [0.25, 0.3) is 39.1 Å². The number of hydrogen-bond donors (Lipinski definition) is 1. The summed E-state index contributed by atoms with van der Waals surface area (Å²) >= 11 is 7.70. The summed E-state index contributed by atoms with van der Waals surface area (Å²) in [7, 11) is 1.63. The number of nitrogens with zero attached hydrogens (tertiary/aromatic N) is 3. The Labute approximate surface area is 268 Å². The van der Waals surface area contributed by atoms with E-state index in [1.807, 2.05) is 126 Å². The Kier molecular flexibility index (Phi) is 7.82. The van der Waals surface area contributed by atoms with Gasteiger partial charge >= 0.3 is 0 Å². The van der Waals surface area contributed by atoms with Crippen LogP contribution < -0.4 is 15.0 Å². The van der Waals surface area contributed by atoms with E-state index >= 15 is 0 Å². The van der Waals surface area contributed by atoms with Crippen LogP contribution in [-0.4, -0.2) is 26.9 Å². The number of para-hydroxylation sites is 1. The minimum atomic E-state index is -0.235. The van der Waals surface area contributed by atoms with Gasteiger partial charge in [-0.05, 0) is 96.2 Å². The zero-order chi connectivity index (χ0) is 30.8. The Balaban J connectivity index is 1.38. The third-order valence-electron chi connectivity index (χ3n) is 7.24. The molecule has 45 heavy (non-hydrogen) atoms. The molecule has 7 nitrogen and oxygen atoms in total. The predicted molar refractivity (Wildman–Crippen MR) is 179 cm³/mol. The molecule has 0 fully saturated rings. The molecule has 9 heteroatoms. The van der Waals surface area contributed by atoms with Crippen LogP contribution in [0, 0.1) is 0 Å². The van der Waals surface area contributed by atoms with Gasteiger partial charge in [0.1, 0.15) is 17.2 Å². The Bertz CT molecular complexity index is 2170. The van der Waals surface area contributed by atoms with Crippen molar-refractivity contribution in [1.82, 2.24) is 19.7 Å². The monoisotopic (exact) mass is 628 g/mol. The first-order chi connectivity index (χ1) is 22.1. The van der Waals surface area contributed by atoms with Gasteiger partial charge in [0.15, 0.2) is 5.82 Å². The summed E-state index contributed by atoms with van der Waals surface area (Å²) in [6, 6.07) is 40.2. The maximum Gasteiger partial charge on any atom is 0.263 e. The number of H-pyrrole nitrogens is 1. The van der Waals surface area contributed by atoms with E-state index in [4.69, 9.17) is 21.1 Å². The van der Waals surface area contributed by atoms with Gasteiger partial charge in [-0.2, -0.15) is 0 Å². The summed E-state index contributed by atoms with van der Waals surface area (Å²) in [5, 5.41) is 11.1. The van der Waals surface area contributed by atoms with Crippen molar-refractivity contribution in [2.45, 2.75) is 10.1 Å². The van der Waals surface area contributed by atoms with Gasteiger partial charge < -0.3 is 14.5 Å². The van der Waals surface area contributed by atoms with E-state index in [0.717, 1.165) is 39.3 Å². The fraction of sp³-hybridized carbons (Fsp3) is 0.0278. The van der Waals surface area contributed by atoms with Gasteiger partial charge in [-0.25, -0.2) is 0 Å². The molecule has 0 saturated heterocycles. The van der Waals surface area contributed by atoms with Crippen molar-refractivity contribution in [2.24, 2.45) is 0 Å². The largest absolute Gasteiger partial charge is 0.497 e. The molecule has 1 N–H and O–H groups in total. The average molecular weight is 629 g/mol. The Morgan fingerprint density at radius 1 is 0.733 bits per heavy atom. The van der Waals surface area contributed by atoms with Crippen LogP contribution in [0.1, 0.15) is 0 Å². The number of aromatic nitrogens is 4. The number of hydrogen-bond acceptors (Lipinski definition) is 6. The predicted octanol–water partition coefficient (Wildman–Crippen LogP) is 9.05. The molecule has 2 heterocycles. The summed E-state index contributed by atoms with van der Waals surface area (Å²) in [6.07, 6.45) is 0. The summed E-state index contributed by atoms with van der Waals surface area (Å²) in [4.78, 5) is 17.2. The molecule has 220 valence electrons. The summed E-state index contributed by atoms with van der Waals surface area (Å²) < 4.78 is 13.3. The third kappa shape index (κ3) is 5.81. The lowest BCUT2D eigenvalue weighted by atomic mass is 10.0. The van der Waals surface area contributed by atoms with E-state index in [1.54, 1.807) is 13.2 Å². The lowest BCUT2D eigenvalue weighted by molar-refractivity contribution is 0.415. The molecule has 0 aliphatic rings. The first-order valence-corrected chi connectivity index (χ1v) is 15.3. The number of aromatic amines is 1. The van der Waals surface area contributed by atoms with Crippen LogP contribution in [-0.2, 0) is 0 Å². The van der Waals surface area contributed by atoms with Crippen molar-refractivity contribution < 1.29 is 9.47 Å². The number of benzene rings is 5. The van der Waals surface area contributed by atoms with Crippen LogP contribution in [0.3, 0.4) is 0 Å². The van der Waals surface area contributed by atoms with Crippen molar-refractivity contribution in [3.8, 4) is 45.5 Å². The van der Waals surface area contributed by atoms with Gasteiger partial charge in [-0.1, -0.05) is 60.1 Å². The fourth-order valence-electron chi connectivity index (χ4n) is 5.11. The van der Waals surface area contributed by atoms with E-state index in [1.165, 1.54) is 11.8 Å². The molecule has 7 aromatic rings. The normalized spacial score (nSPS) is 11.1. The molecule has 0 unspecified atom stereocenters. The molecule has 2 aromatic heterocycles. The maximum absolute atomic E-state index is 13.7. The Morgan fingerprint density at radius 3 is 2.11 bits per heavy atom. The van der Waals surface area contributed by atoms with Crippen LogP contribution in [0.15, 0.2) is 142 Å². The van der Waals surface area contributed by atoms with E-state index in [-0.39, 0.29) is 5.56 Å². The number of methoxy groups -OCH3 is 1. The SMILES string of the molecule is COc1ccc(-c2nnc(Sc3c(-c4ccccc4)c4cc(Cl)ccc4[nH]c3=O)n2-c2ccc(Oc3ccccc3)cc2)cc1.